The van der Waals surface area contributed by atoms with Gasteiger partial charge in [-0.2, -0.15) is 5.10 Å². The van der Waals surface area contributed by atoms with Crippen LogP contribution >= 0.6 is 11.6 Å². The summed E-state index contributed by atoms with van der Waals surface area (Å²) in [6, 6.07) is 4.33. The second kappa shape index (κ2) is 6.58. The molecule has 0 aliphatic heterocycles. The third-order valence-corrected chi connectivity index (χ3v) is 4.29. The van der Waals surface area contributed by atoms with E-state index in [-0.39, 0.29) is 16.6 Å². The normalized spacial score (nSPS) is 15.6. The summed E-state index contributed by atoms with van der Waals surface area (Å²) in [6.07, 6.45) is 7.27. The van der Waals surface area contributed by atoms with E-state index in [1.54, 1.807) is 16.9 Å². The Bertz CT molecular complexity index is 705. The number of amides is 1. The van der Waals surface area contributed by atoms with E-state index in [0.717, 1.165) is 25.7 Å². The van der Waals surface area contributed by atoms with Gasteiger partial charge in [0.1, 0.15) is 11.4 Å². The maximum atomic E-state index is 13.4. The van der Waals surface area contributed by atoms with E-state index in [9.17, 15) is 9.18 Å². The van der Waals surface area contributed by atoms with Crippen molar-refractivity contribution in [3.8, 4) is 0 Å². The summed E-state index contributed by atoms with van der Waals surface area (Å²) >= 11 is 5.85. The first kappa shape index (κ1) is 15.8. The summed E-state index contributed by atoms with van der Waals surface area (Å²) in [5.41, 5.74) is 6.15. The molecule has 0 bridgehead atoms. The van der Waals surface area contributed by atoms with Crippen LogP contribution in [-0.2, 0) is 0 Å². The monoisotopic (exact) mass is 336 g/mol. The minimum absolute atomic E-state index is 0.264. The molecular weight excluding hydrogens is 319 g/mol. The highest BCUT2D eigenvalue weighted by Crippen LogP contribution is 2.30. The third kappa shape index (κ3) is 3.64. The number of rotatable bonds is 4. The van der Waals surface area contributed by atoms with Crippen LogP contribution in [0.3, 0.4) is 0 Å². The maximum absolute atomic E-state index is 13.4. The van der Waals surface area contributed by atoms with E-state index in [2.05, 4.69) is 10.4 Å². The summed E-state index contributed by atoms with van der Waals surface area (Å²) < 4.78 is 15.2. The Morgan fingerprint density at radius 1 is 1.30 bits per heavy atom. The first-order valence-electron chi connectivity index (χ1n) is 7.65. The molecule has 2 aromatic rings. The average molecular weight is 337 g/mol. The lowest BCUT2D eigenvalue weighted by atomic mass is 9.96. The van der Waals surface area contributed by atoms with Crippen LogP contribution in [0.1, 0.15) is 48.5 Å². The van der Waals surface area contributed by atoms with Gasteiger partial charge in [-0.15, -0.1) is 0 Å². The summed E-state index contributed by atoms with van der Waals surface area (Å²) in [5, 5.41) is 7.65. The van der Waals surface area contributed by atoms with Crippen molar-refractivity contribution in [2.45, 2.75) is 38.1 Å². The van der Waals surface area contributed by atoms with E-state index >= 15 is 0 Å². The van der Waals surface area contributed by atoms with Gasteiger partial charge in [0.05, 0.1) is 6.04 Å². The Kier molecular flexibility index (Phi) is 4.52. The second-order valence-electron chi connectivity index (χ2n) is 5.81. The molecule has 1 fully saturated rings. The van der Waals surface area contributed by atoms with Crippen molar-refractivity contribution < 1.29 is 9.18 Å². The van der Waals surface area contributed by atoms with Crippen molar-refractivity contribution in [2.75, 3.05) is 5.32 Å². The summed E-state index contributed by atoms with van der Waals surface area (Å²) in [7, 11) is 0. The van der Waals surface area contributed by atoms with Gasteiger partial charge >= 0.3 is 0 Å². The van der Waals surface area contributed by atoms with Gasteiger partial charge in [-0.1, -0.05) is 30.9 Å². The minimum Gasteiger partial charge on any atom is -0.365 e. The summed E-state index contributed by atoms with van der Waals surface area (Å²) in [4.78, 5) is 11.7. The highest BCUT2D eigenvalue weighted by Gasteiger charge is 2.21. The van der Waals surface area contributed by atoms with Gasteiger partial charge in [-0.3, -0.25) is 9.48 Å². The van der Waals surface area contributed by atoms with Crippen LogP contribution < -0.4 is 11.1 Å². The fourth-order valence-corrected chi connectivity index (χ4v) is 3.18. The molecule has 1 aromatic carbocycles. The number of hydrogen-bond donors (Lipinski definition) is 2. The topological polar surface area (TPSA) is 72.9 Å². The molecular formula is C16H18ClFN4O. The SMILES string of the molecule is NC(=O)c1cn(C2CCCCC2)nc1Nc1cc(F)cc(Cl)c1. The molecule has 0 atom stereocenters. The molecule has 1 aliphatic carbocycles. The number of nitrogens with zero attached hydrogens (tertiary/aromatic N) is 2. The van der Waals surface area contributed by atoms with Crippen LogP contribution in [0.5, 0.6) is 0 Å². The quantitative estimate of drug-likeness (QED) is 0.885. The Morgan fingerprint density at radius 3 is 2.70 bits per heavy atom. The van der Waals surface area contributed by atoms with Crippen molar-refractivity contribution in [2.24, 2.45) is 5.73 Å². The van der Waals surface area contributed by atoms with Gasteiger partial charge in [0, 0.05) is 16.9 Å². The zero-order valence-corrected chi connectivity index (χ0v) is 13.3. The number of nitrogens with two attached hydrogens (primary N) is 1. The van der Waals surface area contributed by atoms with Crippen molar-refractivity contribution >= 4 is 29.0 Å². The van der Waals surface area contributed by atoms with Crippen molar-refractivity contribution in [1.29, 1.82) is 0 Å². The fraction of sp³-hybridized carbons (Fsp3) is 0.375. The molecule has 3 rings (SSSR count). The lowest BCUT2D eigenvalue weighted by Crippen LogP contribution is -2.14. The number of benzene rings is 1. The molecule has 1 heterocycles. The molecule has 0 unspecified atom stereocenters. The first-order chi connectivity index (χ1) is 11.0. The zero-order chi connectivity index (χ0) is 16.4. The molecule has 122 valence electrons. The number of halogens is 2. The highest BCUT2D eigenvalue weighted by molar-refractivity contribution is 6.30. The molecule has 7 heteroatoms. The molecule has 0 saturated heterocycles. The van der Waals surface area contributed by atoms with Gasteiger partial charge in [0.2, 0.25) is 0 Å². The predicted octanol–water partition coefficient (Wildman–Crippen LogP) is 4.02. The Balaban J connectivity index is 1.90. The zero-order valence-electron chi connectivity index (χ0n) is 12.6. The minimum atomic E-state index is -0.572. The molecule has 0 radical (unpaired) electrons. The van der Waals surface area contributed by atoms with E-state index in [1.807, 2.05) is 0 Å². The summed E-state index contributed by atoms with van der Waals surface area (Å²) in [5.74, 6) is -0.714. The number of nitrogens with one attached hydrogen (secondary N) is 1. The number of carbonyl (C=O) groups excluding carboxylic acids is 1. The van der Waals surface area contributed by atoms with Crippen LogP contribution in [0.2, 0.25) is 5.02 Å². The molecule has 1 saturated carbocycles. The Hall–Kier alpha value is -2.08. The fourth-order valence-electron chi connectivity index (χ4n) is 2.96. The van der Waals surface area contributed by atoms with Gasteiger partial charge in [-0.05, 0) is 31.0 Å². The predicted molar refractivity (Wildman–Crippen MR) is 87.6 cm³/mol. The number of primary amides is 1. The van der Waals surface area contributed by atoms with E-state index in [0.29, 0.717) is 11.5 Å². The van der Waals surface area contributed by atoms with Crippen LogP contribution in [0.25, 0.3) is 0 Å². The van der Waals surface area contributed by atoms with Crippen molar-refractivity contribution in [3.05, 3.63) is 40.8 Å². The van der Waals surface area contributed by atoms with Gasteiger partial charge in [-0.25, -0.2) is 4.39 Å². The van der Waals surface area contributed by atoms with Crippen LogP contribution in [0.15, 0.2) is 24.4 Å². The average Bonchev–Trinajstić information content (AvgIpc) is 2.91. The standard InChI is InChI=1S/C16H18ClFN4O/c17-10-6-11(18)8-12(7-10)20-16-14(15(19)23)9-22(21-16)13-4-2-1-3-5-13/h6-9,13H,1-5H2,(H2,19,23)(H,20,21). The van der Waals surface area contributed by atoms with Gasteiger partial charge < -0.3 is 11.1 Å². The van der Waals surface area contributed by atoms with Crippen LogP contribution in [-0.4, -0.2) is 15.7 Å². The lowest BCUT2D eigenvalue weighted by Gasteiger charge is -2.21. The smallest absolute Gasteiger partial charge is 0.254 e. The number of aromatic nitrogens is 2. The van der Waals surface area contributed by atoms with E-state index in [1.165, 1.54) is 18.6 Å². The molecule has 1 amide bonds. The molecule has 0 spiro atoms. The molecule has 23 heavy (non-hydrogen) atoms. The number of anilines is 2. The molecule has 1 aromatic heterocycles. The largest absolute Gasteiger partial charge is 0.365 e. The summed E-state index contributed by atoms with van der Waals surface area (Å²) in [6.45, 7) is 0. The lowest BCUT2D eigenvalue weighted by molar-refractivity contribution is 0.100. The Labute approximate surface area is 138 Å². The number of carbonyl (C=O) groups is 1. The third-order valence-electron chi connectivity index (χ3n) is 4.07. The number of hydrogen-bond acceptors (Lipinski definition) is 3. The second-order valence-corrected chi connectivity index (χ2v) is 6.25. The van der Waals surface area contributed by atoms with Gasteiger partial charge in [0.25, 0.3) is 5.91 Å². The van der Waals surface area contributed by atoms with E-state index < -0.39 is 11.7 Å². The maximum Gasteiger partial charge on any atom is 0.254 e. The first-order valence-corrected chi connectivity index (χ1v) is 8.03. The molecule has 5 nitrogen and oxygen atoms in total. The van der Waals surface area contributed by atoms with E-state index in [4.69, 9.17) is 17.3 Å². The van der Waals surface area contributed by atoms with Crippen molar-refractivity contribution in [3.63, 3.8) is 0 Å². The molecule has 1 aliphatic rings. The van der Waals surface area contributed by atoms with Crippen molar-refractivity contribution in [1.82, 2.24) is 9.78 Å². The Morgan fingerprint density at radius 2 is 2.04 bits per heavy atom. The highest BCUT2D eigenvalue weighted by atomic mass is 35.5. The van der Waals surface area contributed by atoms with Crippen LogP contribution in [0, 0.1) is 5.82 Å². The molecule has 3 N–H and O–H groups in total. The van der Waals surface area contributed by atoms with Gasteiger partial charge in [0.15, 0.2) is 5.82 Å². The van der Waals surface area contributed by atoms with Crippen LogP contribution in [0.4, 0.5) is 15.9 Å².